The fourth-order valence-electron chi connectivity index (χ4n) is 2.88. The van der Waals surface area contributed by atoms with Gasteiger partial charge in [-0.3, -0.25) is 4.89 Å². The summed E-state index contributed by atoms with van der Waals surface area (Å²) in [7, 11) is 0. The Morgan fingerprint density at radius 2 is 1.62 bits per heavy atom. The normalized spacial score (nSPS) is 18.3. The van der Waals surface area contributed by atoms with Crippen LogP contribution in [0.4, 0.5) is 0 Å². The Bertz CT molecular complexity index is 476. The van der Waals surface area contributed by atoms with E-state index in [2.05, 4.69) is 31.2 Å². The standard InChI is InChI=1S/C18H26O3/c1-14-8-10-15(11-9-14)18(12-6-5-7-13-18)16(19)20-21-17(2,3)4/h8-11H,5-7,12-13H2,1-4H3. The van der Waals surface area contributed by atoms with Gasteiger partial charge in [0.05, 0.1) is 5.41 Å². The number of carbonyl (C=O) groups excluding carboxylic acids is 1. The Morgan fingerprint density at radius 1 is 1.05 bits per heavy atom. The quantitative estimate of drug-likeness (QED) is 0.608. The molecule has 0 bridgehead atoms. The van der Waals surface area contributed by atoms with Crippen molar-refractivity contribution in [1.82, 2.24) is 0 Å². The molecule has 0 aromatic heterocycles. The lowest BCUT2D eigenvalue weighted by Gasteiger charge is -2.35. The van der Waals surface area contributed by atoms with Crippen LogP contribution in [0.25, 0.3) is 0 Å². The van der Waals surface area contributed by atoms with Gasteiger partial charge in [0.15, 0.2) is 0 Å². The molecule has 1 aromatic rings. The molecule has 0 unspecified atom stereocenters. The van der Waals surface area contributed by atoms with Gasteiger partial charge in [0.1, 0.15) is 5.60 Å². The minimum Gasteiger partial charge on any atom is -0.297 e. The van der Waals surface area contributed by atoms with Crippen LogP contribution >= 0.6 is 0 Å². The lowest BCUT2D eigenvalue weighted by molar-refractivity contribution is -0.324. The van der Waals surface area contributed by atoms with E-state index >= 15 is 0 Å². The van der Waals surface area contributed by atoms with E-state index < -0.39 is 11.0 Å². The monoisotopic (exact) mass is 290 g/mol. The summed E-state index contributed by atoms with van der Waals surface area (Å²) in [4.78, 5) is 23.2. The lowest BCUT2D eigenvalue weighted by Crippen LogP contribution is -2.40. The van der Waals surface area contributed by atoms with E-state index in [0.717, 1.165) is 31.2 Å². The van der Waals surface area contributed by atoms with Gasteiger partial charge in [-0.15, -0.1) is 0 Å². The number of rotatable bonds is 3. The molecule has 1 aliphatic carbocycles. The predicted octanol–water partition coefficient (Wildman–Crippen LogP) is 4.47. The molecule has 0 amide bonds. The van der Waals surface area contributed by atoms with Crippen molar-refractivity contribution < 1.29 is 14.6 Å². The maximum atomic E-state index is 12.7. The van der Waals surface area contributed by atoms with Crippen LogP contribution in [0.3, 0.4) is 0 Å². The number of aryl methyl sites for hydroxylation is 1. The van der Waals surface area contributed by atoms with Crippen molar-refractivity contribution in [3.63, 3.8) is 0 Å². The first-order valence-corrected chi connectivity index (χ1v) is 7.81. The van der Waals surface area contributed by atoms with Gasteiger partial charge < -0.3 is 0 Å². The molecule has 0 atom stereocenters. The van der Waals surface area contributed by atoms with Gasteiger partial charge >= 0.3 is 5.97 Å². The fourth-order valence-corrected chi connectivity index (χ4v) is 2.88. The predicted molar refractivity (Wildman–Crippen MR) is 82.9 cm³/mol. The van der Waals surface area contributed by atoms with E-state index in [0.29, 0.717) is 0 Å². The lowest BCUT2D eigenvalue weighted by atomic mass is 9.69. The molecule has 0 saturated heterocycles. The first-order chi connectivity index (χ1) is 9.83. The van der Waals surface area contributed by atoms with Gasteiger partial charge in [0.2, 0.25) is 0 Å². The second kappa shape index (κ2) is 6.18. The van der Waals surface area contributed by atoms with Crippen molar-refractivity contribution in [2.75, 3.05) is 0 Å². The highest BCUT2D eigenvalue weighted by Crippen LogP contribution is 2.41. The van der Waals surface area contributed by atoms with Gasteiger partial charge in [0, 0.05) is 0 Å². The Labute approximate surface area is 127 Å². The number of carbonyl (C=O) groups is 1. The number of benzene rings is 1. The molecule has 1 aromatic carbocycles. The largest absolute Gasteiger partial charge is 0.352 e. The van der Waals surface area contributed by atoms with Crippen LogP contribution in [0.1, 0.15) is 64.0 Å². The summed E-state index contributed by atoms with van der Waals surface area (Å²) in [5.74, 6) is -0.249. The molecule has 2 rings (SSSR count). The molecule has 0 radical (unpaired) electrons. The second-order valence-corrected chi connectivity index (χ2v) is 7.08. The molecule has 0 spiro atoms. The van der Waals surface area contributed by atoms with E-state index in [-0.39, 0.29) is 5.97 Å². The Morgan fingerprint density at radius 3 is 2.14 bits per heavy atom. The average molecular weight is 290 g/mol. The summed E-state index contributed by atoms with van der Waals surface area (Å²) in [6.45, 7) is 7.68. The van der Waals surface area contributed by atoms with Crippen molar-refractivity contribution in [2.45, 2.75) is 70.8 Å². The molecule has 0 aliphatic heterocycles. The van der Waals surface area contributed by atoms with E-state index in [1.807, 2.05) is 20.8 Å². The maximum Gasteiger partial charge on any atom is 0.352 e. The van der Waals surface area contributed by atoms with Crippen LogP contribution in [0, 0.1) is 6.92 Å². The summed E-state index contributed by atoms with van der Waals surface area (Å²) < 4.78 is 0. The zero-order valence-electron chi connectivity index (χ0n) is 13.6. The topological polar surface area (TPSA) is 35.5 Å². The van der Waals surface area contributed by atoms with Gasteiger partial charge in [-0.1, -0.05) is 49.1 Å². The highest BCUT2D eigenvalue weighted by Gasteiger charge is 2.43. The Balaban J connectivity index is 2.24. The summed E-state index contributed by atoms with van der Waals surface area (Å²) >= 11 is 0. The van der Waals surface area contributed by atoms with Crippen LogP contribution in [-0.4, -0.2) is 11.6 Å². The van der Waals surface area contributed by atoms with Crippen molar-refractivity contribution in [1.29, 1.82) is 0 Å². The summed E-state index contributed by atoms with van der Waals surface area (Å²) in [6.07, 6.45) is 4.96. The van der Waals surface area contributed by atoms with Gasteiger partial charge in [-0.2, -0.15) is 4.89 Å². The second-order valence-electron chi connectivity index (χ2n) is 7.08. The highest BCUT2D eigenvalue weighted by molar-refractivity contribution is 5.83. The highest BCUT2D eigenvalue weighted by atomic mass is 17.2. The number of hydrogen-bond acceptors (Lipinski definition) is 3. The van der Waals surface area contributed by atoms with E-state index in [9.17, 15) is 4.79 Å². The van der Waals surface area contributed by atoms with Crippen LogP contribution in [-0.2, 0) is 20.0 Å². The molecular formula is C18H26O3. The average Bonchev–Trinajstić information content (AvgIpc) is 2.45. The van der Waals surface area contributed by atoms with E-state index in [1.54, 1.807) is 0 Å². The van der Waals surface area contributed by atoms with Gasteiger partial charge in [0.25, 0.3) is 0 Å². The van der Waals surface area contributed by atoms with Crippen molar-refractivity contribution in [3.05, 3.63) is 35.4 Å². The zero-order chi connectivity index (χ0) is 15.5. The minimum absolute atomic E-state index is 0.249. The third-order valence-corrected chi connectivity index (χ3v) is 4.07. The van der Waals surface area contributed by atoms with Crippen LogP contribution in [0.15, 0.2) is 24.3 Å². The SMILES string of the molecule is Cc1ccc(C2(C(=O)OOC(C)(C)C)CCCCC2)cc1. The van der Waals surface area contributed by atoms with Gasteiger partial charge in [-0.25, -0.2) is 4.79 Å². The fraction of sp³-hybridized carbons (Fsp3) is 0.611. The zero-order valence-corrected chi connectivity index (χ0v) is 13.6. The summed E-state index contributed by atoms with van der Waals surface area (Å²) in [6, 6.07) is 8.23. The van der Waals surface area contributed by atoms with Crippen LogP contribution in [0.5, 0.6) is 0 Å². The molecule has 3 heteroatoms. The third kappa shape index (κ3) is 3.85. The summed E-state index contributed by atoms with van der Waals surface area (Å²) in [5.41, 5.74) is 1.22. The number of hydrogen-bond donors (Lipinski definition) is 0. The Kier molecular flexibility index (Phi) is 4.72. The van der Waals surface area contributed by atoms with E-state index in [1.165, 1.54) is 12.0 Å². The third-order valence-electron chi connectivity index (χ3n) is 4.07. The van der Waals surface area contributed by atoms with Crippen molar-refractivity contribution >= 4 is 5.97 Å². The molecule has 116 valence electrons. The molecule has 1 fully saturated rings. The molecule has 0 heterocycles. The molecule has 1 aliphatic rings. The molecule has 1 saturated carbocycles. The Hall–Kier alpha value is -1.35. The minimum atomic E-state index is -0.544. The maximum absolute atomic E-state index is 12.7. The molecular weight excluding hydrogens is 264 g/mol. The van der Waals surface area contributed by atoms with Crippen molar-refractivity contribution in [2.24, 2.45) is 0 Å². The van der Waals surface area contributed by atoms with E-state index in [4.69, 9.17) is 9.78 Å². The van der Waals surface area contributed by atoms with Crippen LogP contribution in [0.2, 0.25) is 0 Å². The molecule has 3 nitrogen and oxygen atoms in total. The van der Waals surface area contributed by atoms with Gasteiger partial charge in [-0.05, 0) is 46.1 Å². The molecule has 21 heavy (non-hydrogen) atoms. The smallest absolute Gasteiger partial charge is 0.297 e. The summed E-state index contributed by atoms with van der Waals surface area (Å²) in [5, 5.41) is 0. The first-order valence-electron chi connectivity index (χ1n) is 7.81. The first kappa shape index (κ1) is 16.0. The van der Waals surface area contributed by atoms with Crippen molar-refractivity contribution in [3.8, 4) is 0 Å². The van der Waals surface area contributed by atoms with Crippen LogP contribution < -0.4 is 0 Å². The molecule has 0 N–H and O–H groups in total.